The Balaban J connectivity index is 3.47. The van der Waals surface area contributed by atoms with Crippen molar-refractivity contribution in [3.63, 3.8) is 0 Å². The molecule has 0 bridgehead atoms. The molecule has 72 valence electrons. The third-order valence-corrected chi connectivity index (χ3v) is 1.62. The third kappa shape index (κ3) is 1.62. The molecule has 0 spiro atoms. The quantitative estimate of drug-likeness (QED) is 0.623. The van der Waals surface area contributed by atoms with E-state index < -0.39 is 11.2 Å². The van der Waals surface area contributed by atoms with E-state index >= 15 is 0 Å². The lowest BCUT2D eigenvalue weighted by molar-refractivity contribution is 0.123. The van der Waals surface area contributed by atoms with Crippen LogP contribution in [0.2, 0.25) is 0 Å². The molecule has 0 saturated carbocycles. The van der Waals surface area contributed by atoms with E-state index in [-0.39, 0.29) is 12.4 Å². The van der Waals surface area contributed by atoms with Crippen LogP contribution < -0.4 is 17.0 Å². The first-order valence-electron chi connectivity index (χ1n) is 3.62. The highest BCUT2D eigenvalue weighted by atomic mass is 16.5. The second-order valence-electron chi connectivity index (χ2n) is 2.63. The Bertz CT molecular complexity index is 384. The maximum absolute atomic E-state index is 11.3. The monoisotopic (exact) mass is 185 g/mol. The second-order valence-corrected chi connectivity index (χ2v) is 2.63. The lowest BCUT2D eigenvalue weighted by Crippen LogP contribution is -2.40. The summed E-state index contributed by atoms with van der Waals surface area (Å²) in [5, 5.41) is 0. The highest BCUT2D eigenvalue weighted by Gasteiger charge is 2.05. The van der Waals surface area contributed by atoms with Gasteiger partial charge < -0.3 is 15.0 Å². The molecule has 1 rings (SSSR count). The Hall–Kier alpha value is -1.56. The summed E-state index contributed by atoms with van der Waals surface area (Å²) in [6.45, 7) is -0.0868. The van der Waals surface area contributed by atoms with Crippen molar-refractivity contribution < 1.29 is 4.74 Å². The molecule has 13 heavy (non-hydrogen) atoms. The number of anilines is 1. The number of nitrogens with two attached hydrogens (primary N) is 1. The zero-order valence-electron chi connectivity index (χ0n) is 7.48. The van der Waals surface area contributed by atoms with Crippen molar-refractivity contribution in [2.45, 2.75) is 6.73 Å². The minimum Gasteiger partial charge on any atom is -0.393 e. The van der Waals surface area contributed by atoms with Gasteiger partial charge in [0, 0.05) is 20.4 Å². The summed E-state index contributed by atoms with van der Waals surface area (Å²) in [6.07, 6.45) is 1.29. The SMILES string of the molecule is COCn1c(=O)c(N)cn(C)c1=O. The van der Waals surface area contributed by atoms with Crippen LogP contribution in [0.15, 0.2) is 15.8 Å². The second kappa shape index (κ2) is 3.44. The maximum atomic E-state index is 11.3. The van der Waals surface area contributed by atoms with Crippen molar-refractivity contribution in [2.24, 2.45) is 7.05 Å². The number of aryl methyl sites for hydroxylation is 1. The van der Waals surface area contributed by atoms with Crippen molar-refractivity contribution in [1.29, 1.82) is 0 Å². The minimum absolute atomic E-state index is 0.0270. The van der Waals surface area contributed by atoms with Crippen molar-refractivity contribution >= 4 is 5.69 Å². The Labute approximate surface area is 74.2 Å². The van der Waals surface area contributed by atoms with E-state index in [4.69, 9.17) is 10.5 Å². The Morgan fingerprint density at radius 2 is 2.15 bits per heavy atom. The fourth-order valence-corrected chi connectivity index (χ4v) is 0.995. The molecule has 0 fully saturated rings. The number of rotatable bonds is 2. The highest BCUT2D eigenvalue weighted by Crippen LogP contribution is 1.86. The molecule has 1 aromatic heterocycles. The molecular weight excluding hydrogens is 174 g/mol. The molecule has 1 aromatic rings. The third-order valence-electron chi connectivity index (χ3n) is 1.62. The zero-order chi connectivity index (χ0) is 10.0. The molecule has 0 saturated heterocycles. The van der Waals surface area contributed by atoms with Gasteiger partial charge in [0.15, 0.2) is 0 Å². The summed E-state index contributed by atoms with van der Waals surface area (Å²) in [5.41, 5.74) is 4.43. The van der Waals surface area contributed by atoms with Crippen LogP contribution in [0.25, 0.3) is 0 Å². The van der Waals surface area contributed by atoms with E-state index in [1.807, 2.05) is 0 Å². The average molecular weight is 185 g/mol. The Morgan fingerprint density at radius 3 is 2.69 bits per heavy atom. The van der Waals surface area contributed by atoms with Gasteiger partial charge in [0.1, 0.15) is 12.4 Å². The van der Waals surface area contributed by atoms with Crippen molar-refractivity contribution in [2.75, 3.05) is 12.8 Å². The first kappa shape index (κ1) is 9.53. The van der Waals surface area contributed by atoms with E-state index in [1.165, 1.54) is 24.9 Å². The fourth-order valence-electron chi connectivity index (χ4n) is 0.995. The lowest BCUT2D eigenvalue weighted by atomic mass is 10.5. The summed E-state index contributed by atoms with van der Waals surface area (Å²) in [6, 6.07) is 0. The van der Waals surface area contributed by atoms with Gasteiger partial charge in [-0.1, -0.05) is 0 Å². The molecule has 2 N–H and O–H groups in total. The van der Waals surface area contributed by atoms with E-state index in [0.717, 1.165) is 4.57 Å². The van der Waals surface area contributed by atoms with Crippen molar-refractivity contribution in [3.05, 3.63) is 27.0 Å². The van der Waals surface area contributed by atoms with Crippen LogP contribution in [0.4, 0.5) is 5.69 Å². The van der Waals surface area contributed by atoms with Crippen LogP contribution in [-0.4, -0.2) is 16.2 Å². The minimum atomic E-state index is -0.523. The van der Waals surface area contributed by atoms with Crippen LogP contribution in [0, 0.1) is 0 Å². The van der Waals surface area contributed by atoms with Gasteiger partial charge in [-0.15, -0.1) is 0 Å². The summed E-state index contributed by atoms with van der Waals surface area (Å²) in [7, 11) is 2.92. The molecule has 0 radical (unpaired) electrons. The topological polar surface area (TPSA) is 79.2 Å². The number of methoxy groups -OCH3 is 1. The molecule has 0 aliphatic rings. The van der Waals surface area contributed by atoms with Crippen LogP contribution >= 0.6 is 0 Å². The molecule has 0 atom stereocenters. The molecule has 0 aliphatic heterocycles. The number of nitrogen functional groups attached to an aromatic ring is 1. The van der Waals surface area contributed by atoms with Gasteiger partial charge in [-0.05, 0) is 0 Å². The largest absolute Gasteiger partial charge is 0.393 e. The van der Waals surface area contributed by atoms with Gasteiger partial charge in [0.05, 0.1) is 0 Å². The molecule has 0 amide bonds. The average Bonchev–Trinajstić information content (AvgIpc) is 2.09. The van der Waals surface area contributed by atoms with E-state index in [9.17, 15) is 9.59 Å². The molecule has 6 nitrogen and oxygen atoms in total. The standard InChI is InChI=1S/C7H11N3O3/c1-9-3-5(8)6(11)10(4-13-2)7(9)12/h3H,4,8H2,1-2H3. The first-order valence-corrected chi connectivity index (χ1v) is 3.62. The fraction of sp³-hybridized carbons (Fsp3) is 0.429. The summed E-state index contributed by atoms with van der Waals surface area (Å²) in [5.74, 6) is 0. The van der Waals surface area contributed by atoms with E-state index in [2.05, 4.69) is 0 Å². The zero-order valence-corrected chi connectivity index (χ0v) is 7.48. The highest BCUT2D eigenvalue weighted by molar-refractivity contribution is 5.30. The van der Waals surface area contributed by atoms with Gasteiger partial charge in [-0.2, -0.15) is 0 Å². The van der Waals surface area contributed by atoms with Gasteiger partial charge in [-0.3, -0.25) is 4.79 Å². The first-order chi connectivity index (χ1) is 6.07. The number of hydrogen-bond acceptors (Lipinski definition) is 4. The van der Waals surface area contributed by atoms with E-state index in [0.29, 0.717) is 0 Å². The van der Waals surface area contributed by atoms with Crippen molar-refractivity contribution in [1.82, 2.24) is 9.13 Å². The molecule has 1 heterocycles. The van der Waals surface area contributed by atoms with Gasteiger partial charge in [0.2, 0.25) is 0 Å². The number of ether oxygens (including phenoxy) is 1. The van der Waals surface area contributed by atoms with Crippen LogP contribution in [0.1, 0.15) is 0 Å². The smallest absolute Gasteiger partial charge is 0.332 e. The summed E-state index contributed by atoms with van der Waals surface area (Å²) < 4.78 is 6.85. The Morgan fingerprint density at radius 1 is 1.54 bits per heavy atom. The van der Waals surface area contributed by atoms with Crippen LogP contribution in [0.3, 0.4) is 0 Å². The Kier molecular flexibility index (Phi) is 2.52. The van der Waals surface area contributed by atoms with Crippen LogP contribution in [-0.2, 0) is 18.5 Å². The molecule has 0 aromatic carbocycles. The summed E-state index contributed by atoms with van der Waals surface area (Å²) in [4.78, 5) is 22.6. The molecule has 6 heteroatoms. The normalized spacial score (nSPS) is 10.3. The molecule has 0 unspecified atom stereocenters. The number of aromatic nitrogens is 2. The lowest BCUT2D eigenvalue weighted by Gasteiger charge is -2.06. The predicted molar refractivity (Wildman–Crippen MR) is 47.4 cm³/mol. The molecule has 0 aliphatic carbocycles. The predicted octanol–water partition coefficient (Wildman–Crippen LogP) is -1.27. The number of hydrogen-bond donors (Lipinski definition) is 1. The van der Waals surface area contributed by atoms with Gasteiger partial charge >= 0.3 is 5.69 Å². The molecular formula is C7H11N3O3. The van der Waals surface area contributed by atoms with E-state index in [1.54, 1.807) is 0 Å². The van der Waals surface area contributed by atoms with Crippen LogP contribution in [0.5, 0.6) is 0 Å². The summed E-state index contributed by atoms with van der Waals surface area (Å²) >= 11 is 0. The number of nitrogens with zero attached hydrogens (tertiary/aromatic N) is 2. The maximum Gasteiger partial charge on any atom is 0.332 e. The van der Waals surface area contributed by atoms with Crippen molar-refractivity contribution in [3.8, 4) is 0 Å². The van der Waals surface area contributed by atoms with Gasteiger partial charge in [-0.25, -0.2) is 9.36 Å². The van der Waals surface area contributed by atoms with Gasteiger partial charge in [0.25, 0.3) is 5.56 Å².